The van der Waals surface area contributed by atoms with Crippen molar-refractivity contribution >= 4 is 0 Å². The summed E-state index contributed by atoms with van der Waals surface area (Å²) in [6.07, 6.45) is 10.3. The van der Waals surface area contributed by atoms with Crippen molar-refractivity contribution in [1.82, 2.24) is 0 Å². The lowest BCUT2D eigenvalue weighted by Crippen LogP contribution is -2.22. The second kappa shape index (κ2) is 19.5. The van der Waals surface area contributed by atoms with Crippen molar-refractivity contribution in [2.24, 2.45) is 22.7 Å². The topological polar surface area (TPSA) is 0 Å². The SMILES string of the molecule is CC(C)(C)C1CC1.CC(C)(C)C1CCCCC1.CC(C)(C)c1ccc(F)cc1F.CC(C)(C)c1ccccc1.Cc1cc(F)cc(C(C)(C)C)c1. The van der Waals surface area contributed by atoms with E-state index >= 15 is 0 Å². The Balaban J connectivity index is 0.000000322. The lowest BCUT2D eigenvalue weighted by molar-refractivity contribution is 0.180. The Hall–Kier alpha value is -2.55. The zero-order valence-electron chi connectivity index (χ0n) is 35.6. The van der Waals surface area contributed by atoms with E-state index in [1.54, 1.807) is 12.1 Å². The molecule has 3 aromatic carbocycles. The maximum absolute atomic E-state index is 13.1. The molecule has 0 spiro atoms. The quantitative estimate of drug-likeness (QED) is 0.218. The highest BCUT2D eigenvalue weighted by Crippen LogP contribution is 2.44. The molecule has 0 aromatic heterocycles. The van der Waals surface area contributed by atoms with Gasteiger partial charge < -0.3 is 0 Å². The molecule has 0 N–H and O–H groups in total. The highest BCUT2D eigenvalue weighted by atomic mass is 19.1. The van der Waals surface area contributed by atoms with E-state index in [9.17, 15) is 13.2 Å². The van der Waals surface area contributed by atoms with Gasteiger partial charge in [-0.3, -0.25) is 0 Å². The minimum Gasteiger partial charge on any atom is -0.207 e. The van der Waals surface area contributed by atoms with Crippen molar-refractivity contribution in [1.29, 1.82) is 0 Å². The van der Waals surface area contributed by atoms with Gasteiger partial charge in [-0.1, -0.05) is 166 Å². The lowest BCUT2D eigenvalue weighted by Gasteiger charge is -2.33. The molecule has 0 amide bonds. The molecule has 0 aliphatic heterocycles. The summed E-state index contributed by atoms with van der Waals surface area (Å²) in [7, 11) is 0. The van der Waals surface area contributed by atoms with Crippen LogP contribution in [0.3, 0.4) is 0 Å². The van der Waals surface area contributed by atoms with E-state index in [1.165, 1.54) is 62.6 Å². The number of rotatable bonds is 0. The number of halogens is 3. The molecule has 2 aliphatic rings. The molecule has 0 radical (unpaired) electrons. The summed E-state index contributed by atoms with van der Waals surface area (Å²) in [4.78, 5) is 0. The van der Waals surface area contributed by atoms with Crippen molar-refractivity contribution in [3.8, 4) is 0 Å². The van der Waals surface area contributed by atoms with Crippen molar-refractivity contribution < 1.29 is 13.2 Å². The fourth-order valence-corrected chi connectivity index (χ4v) is 6.12. The Morgan fingerprint density at radius 1 is 0.451 bits per heavy atom. The molecular weight excluding hydrogens is 634 g/mol. The summed E-state index contributed by atoms with van der Waals surface area (Å²) >= 11 is 0. The Morgan fingerprint density at radius 2 is 0.922 bits per heavy atom. The maximum Gasteiger partial charge on any atom is 0.129 e. The standard InChI is InChI=1S/C11H15F.C10H12F2.C10H20.C10H14.C7H14/c1-8-5-9(11(2,3)4)7-10(12)6-8;1-10(2,3)8-5-4-7(11)6-9(8)12;2*1-10(2,3)9-7-5-4-6-8-9;1-7(2,3)6-4-5-6/h5-7H,1-4H3;4-6H,1-3H3;9H,4-8H2,1-3H3;4-8H,1-3H3;6H,4-5H2,1-3H3. The third-order valence-electron chi connectivity index (χ3n) is 9.92. The second-order valence-electron chi connectivity index (χ2n) is 20.1. The van der Waals surface area contributed by atoms with Gasteiger partial charge in [-0.2, -0.15) is 0 Å². The molecule has 2 saturated carbocycles. The van der Waals surface area contributed by atoms with Gasteiger partial charge in [0.1, 0.15) is 17.5 Å². The highest BCUT2D eigenvalue weighted by molar-refractivity contribution is 5.29. The Labute approximate surface area is 313 Å². The van der Waals surface area contributed by atoms with Crippen LogP contribution in [0.1, 0.15) is 171 Å². The summed E-state index contributed by atoms with van der Waals surface area (Å²) in [5, 5.41) is 0. The molecule has 2 fully saturated rings. The van der Waals surface area contributed by atoms with Crippen molar-refractivity contribution in [3.05, 3.63) is 106 Å². The van der Waals surface area contributed by atoms with Crippen LogP contribution in [0, 0.1) is 47.0 Å². The average molecular weight is 709 g/mol. The van der Waals surface area contributed by atoms with Crippen LogP contribution < -0.4 is 0 Å². The fourth-order valence-electron chi connectivity index (χ4n) is 6.12. The van der Waals surface area contributed by atoms with Gasteiger partial charge in [-0.25, -0.2) is 13.2 Å². The molecule has 3 aromatic rings. The van der Waals surface area contributed by atoms with E-state index < -0.39 is 11.6 Å². The highest BCUT2D eigenvalue weighted by Gasteiger charge is 2.33. The third-order valence-corrected chi connectivity index (χ3v) is 9.92. The molecule has 51 heavy (non-hydrogen) atoms. The van der Waals surface area contributed by atoms with Crippen LogP contribution in [0.15, 0.2) is 66.7 Å². The second-order valence-corrected chi connectivity index (χ2v) is 20.1. The summed E-state index contributed by atoms with van der Waals surface area (Å²) in [6, 6.07) is 19.4. The molecule has 0 saturated heterocycles. The largest absolute Gasteiger partial charge is 0.207 e. The van der Waals surface area contributed by atoms with Crippen LogP contribution in [0.25, 0.3) is 0 Å². The molecule has 0 atom stereocenters. The van der Waals surface area contributed by atoms with Crippen LogP contribution in [0.4, 0.5) is 13.2 Å². The Bertz CT molecular complexity index is 1390. The number of benzene rings is 3. The summed E-state index contributed by atoms with van der Waals surface area (Å²) < 4.78 is 38.6. The summed E-state index contributed by atoms with van der Waals surface area (Å²) in [6.45, 7) is 34.6. The Morgan fingerprint density at radius 3 is 1.24 bits per heavy atom. The van der Waals surface area contributed by atoms with Gasteiger partial charge in [0, 0.05) is 6.07 Å². The van der Waals surface area contributed by atoms with Gasteiger partial charge in [0.05, 0.1) is 0 Å². The van der Waals surface area contributed by atoms with Crippen molar-refractivity contribution in [3.63, 3.8) is 0 Å². The summed E-state index contributed by atoms with van der Waals surface area (Å²) in [5.74, 6) is 0.914. The van der Waals surface area contributed by atoms with Gasteiger partial charge in [0.2, 0.25) is 0 Å². The van der Waals surface area contributed by atoms with E-state index in [1.807, 2.05) is 33.8 Å². The van der Waals surface area contributed by atoms with E-state index in [-0.39, 0.29) is 16.6 Å². The summed E-state index contributed by atoms with van der Waals surface area (Å²) in [5.41, 5.74) is 5.23. The molecule has 2 aliphatic carbocycles. The third kappa shape index (κ3) is 19.2. The monoisotopic (exact) mass is 709 g/mol. The van der Waals surface area contributed by atoms with Crippen LogP contribution >= 0.6 is 0 Å². The normalized spacial score (nSPS) is 15.4. The molecule has 288 valence electrons. The first-order valence-corrected chi connectivity index (χ1v) is 19.4. The first-order valence-electron chi connectivity index (χ1n) is 19.4. The zero-order valence-corrected chi connectivity index (χ0v) is 35.6. The first-order chi connectivity index (χ1) is 23.1. The van der Waals surface area contributed by atoms with E-state index in [2.05, 4.69) is 113 Å². The van der Waals surface area contributed by atoms with Crippen LogP contribution in [0.5, 0.6) is 0 Å². The number of aryl methyl sites for hydroxylation is 1. The van der Waals surface area contributed by atoms with Crippen LogP contribution in [-0.2, 0) is 16.2 Å². The van der Waals surface area contributed by atoms with Gasteiger partial charge in [0.25, 0.3) is 0 Å². The molecule has 5 rings (SSSR count). The van der Waals surface area contributed by atoms with Gasteiger partial charge in [0.15, 0.2) is 0 Å². The minimum atomic E-state index is -0.527. The Kier molecular flexibility index (Phi) is 17.8. The fraction of sp³-hybridized carbons (Fsp3) is 0.625. The smallest absolute Gasteiger partial charge is 0.129 e. The van der Waals surface area contributed by atoms with E-state index in [4.69, 9.17) is 0 Å². The molecule has 3 heteroatoms. The first kappa shape index (κ1) is 46.5. The van der Waals surface area contributed by atoms with Crippen molar-refractivity contribution in [2.75, 3.05) is 0 Å². The lowest BCUT2D eigenvalue weighted by atomic mass is 9.72. The van der Waals surface area contributed by atoms with Crippen LogP contribution in [-0.4, -0.2) is 0 Å². The van der Waals surface area contributed by atoms with Gasteiger partial charge in [-0.05, 0) is 112 Å². The number of hydrogen-bond donors (Lipinski definition) is 0. The molecule has 0 bridgehead atoms. The molecule has 0 nitrogen and oxygen atoms in total. The van der Waals surface area contributed by atoms with Gasteiger partial charge >= 0.3 is 0 Å². The van der Waals surface area contributed by atoms with Gasteiger partial charge in [-0.15, -0.1) is 0 Å². The van der Waals surface area contributed by atoms with Crippen LogP contribution in [0.2, 0.25) is 0 Å². The minimum absolute atomic E-state index is 0.0346. The van der Waals surface area contributed by atoms with E-state index in [0.29, 0.717) is 21.8 Å². The average Bonchev–Trinajstić information content (AvgIpc) is 3.84. The molecule has 0 unspecified atom stereocenters. The van der Waals surface area contributed by atoms with Crippen molar-refractivity contribution in [2.45, 2.75) is 172 Å². The number of hydrogen-bond acceptors (Lipinski definition) is 0. The molecule has 0 heterocycles. The zero-order chi connectivity index (χ0) is 39.4. The molecular formula is C48H75F3. The predicted molar refractivity (Wildman–Crippen MR) is 218 cm³/mol. The van der Waals surface area contributed by atoms with E-state index in [0.717, 1.165) is 29.0 Å². The predicted octanol–water partition coefficient (Wildman–Crippen LogP) is 15.7. The maximum atomic E-state index is 13.1.